The van der Waals surface area contributed by atoms with Crippen molar-refractivity contribution < 1.29 is 5.11 Å². The molecule has 0 bridgehead atoms. The van der Waals surface area contributed by atoms with E-state index in [1.54, 1.807) is 0 Å². The van der Waals surface area contributed by atoms with Crippen LogP contribution in [0.1, 0.15) is 43.2 Å². The average Bonchev–Trinajstić information content (AvgIpc) is 2.96. The minimum atomic E-state index is -0.606. The minimum Gasteiger partial charge on any atom is -0.374 e. The molecule has 0 aliphatic carbocycles. The molecular weight excluding hydrogens is 352 g/mol. The molecule has 0 saturated carbocycles. The molecule has 25 heavy (non-hydrogen) atoms. The quantitative estimate of drug-likeness (QED) is 0.695. The number of benzene rings is 1. The van der Waals surface area contributed by atoms with E-state index in [0.29, 0.717) is 11.4 Å². The molecule has 0 amide bonds. The first kappa shape index (κ1) is 18.6. The Morgan fingerprint density at radius 2 is 2.12 bits per heavy atom. The van der Waals surface area contributed by atoms with Crippen LogP contribution in [-0.2, 0) is 13.0 Å². The summed E-state index contributed by atoms with van der Waals surface area (Å²) in [6.45, 7) is 10.3. The van der Waals surface area contributed by atoms with Crippen LogP contribution < -0.4 is 10.2 Å². The number of hydrogen-bond donors (Lipinski definition) is 2. The van der Waals surface area contributed by atoms with Gasteiger partial charge in [-0.15, -0.1) is 11.3 Å². The Bertz CT molecular complexity index is 727. The zero-order chi connectivity index (χ0) is 18.2. The molecule has 2 N–H and O–H groups in total. The molecule has 1 unspecified atom stereocenters. The summed E-state index contributed by atoms with van der Waals surface area (Å²) in [5, 5.41) is 16.3. The van der Waals surface area contributed by atoms with Crippen molar-refractivity contribution in [1.82, 2.24) is 0 Å². The molecule has 2 aromatic rings. The third kappa shape index (κ3) is 4.49. The van der Waals surface area contributed by atoms with Crippen LogP contribution >= 0.6 is 22.9 Å². The first-order valence-corrected chi connectivity index (χ1v) is 10.0. The van der Waals surface area contributed by atoms with E-state index in [-0.39, 0.29) is 5.41 Å². The lowest BCUT2D eigenvalue weighted by atomic mass is 9.91. The van der Waals surface area contributed by atoms with E-state index in [4.69, 9.17) is 11.6 Å². The van der Waals surface area contributed by atoms with Crippen molar-refractivity contribution in [3.8, 4) is 0 Å². The van der Waals surface area contributed by atoms with Crippen LogP contribution in [-0.4, -0.2) is 17.9 Å². The van der Waals surface area contributed by atoms with E-state index < -0.39 is 6.23 Å². The Morgan fingerprint density at radius 3 is 2.80 bits per heavy atom. The number of hydrogen-bond acceptors (Lipinski definition) is 4. The third-order valence-corrected chi connectivity index (χ3v) is 5.88. The highest BCUT2D eigenvalue weighted by molar-refractivity contribution is 7.10. The summed E-state index contributed by atoms with van der Waals surface area (Å²) in [5.41, 5.74) is 4.52. The van der Waals surface area contributed by atoms with Gasteiger partial charge in [-0.05, 0) is 59.9 Å². The lowest BCUT2D eigenvalue weighted by Crippen LogP contribution is -2.29. The lowest BCUT2D eigenvalue weighted by molar-refractivity contribution is 0.145. The lowest BCUT2D eigenvalue weighted by Gasteiger charge is -2.30. The zero-order valence-corrected chi connectivity index (χ0v) is 17.0. The second-order valence-corrected chi connectivity index (χ2v) is 9.49. The number of thiophene rings is 1. The molecule has 3 rings (SSSR count). The molecular formula is C20H27ClN2OS. The van der Waals surface area contributed by atoms with Crippen LogP contribution in [0.2, 0.25) is 5.02 Å². The van der Waals surface area contributed by atoms with Crippen molar-refractivity contribution in [3.63, 3.8) is 0 Å². The van der Waals surface area contributed by atoms with Gasteiger partial charge < -0.3 is 15.3 Å². The predicted molar refractivity (Wildman–Crippen MR) is 109 cm³/mol. The fourth-order valence-electron chi connectivity index (χ4n) is 3.36. The van der Waals surface area contributed by atoms with E-state index in [1.807, 2.05) is 24.3 Å². The summed E-state index contributed by atoms with van der Waals surface area (Å²) in [6, 6.07) is 6.40. The van der Waals surface area contributed by atoms with Crippen LogP contribution in [0.15, 0.2) is 23.6 Å². The monoisotopic (exact) mass is 378 g/mol. The van der Waals surface area contributed by atoms with Gasteiger partial charge in [-0.3, -0.25) is 0 Å². The van der Waals surface area contributed by atoms with Gasteiger partial charge in [0.05, 0.1) is 10.7 Å². The smallest absolute Gasteiger partial charge is 0.125 e. The van der Waals surface area contributed by atoms with Crippen molar-refractivity contribution in [2.75, 3.05) is 16.8 Å². The van der Waals surface area contributed by atoms with E-state index in [2.05, 4.69) is 48.5 Å². The first-order chi connectivity index (χ1) is 11.7. The van der Waals surface area contributed by atoms with Gasteiger partial charge in [0, 0.05) is 23.7 Å². The predicted octanol–water partition coefficient (Wildman–Crippen LogP) is 5.44. The Morgan fingerprint density at radius 1 is 1.36 bits per heavy atom. The van der Waals surface area contributed by atoms with Gasteiger partial charge in [0.2, 0.25) is 0 Å². The zero-order valence-electron chi connectivity index (χ0n) is 15.4. The van der Waals surface area contributed by atoms with Gasteiger partial charge in [0.25, 0.3) is 0 Å². The van der Waals surface area contributed by atoms with Crippen molar-refractivity contribution >= 4 is 34.3 Å². The van der Waals surface area contributed by atoms with Crippen LogP contribution in [0, 0.1) is 12.3 Å². The second-order valence-electron chi connectivity index (χ2n) is 8.08. The molecule has 0 fully saturated rings. The maximum atomic E-state index is 10.3. The molecule has 1 aromatic carbocycles. The molecule has 0 saturated heterocycles. The summed E-state index contributed by atoms with van der Waals surface area (Å²) in [7, 11) is 0. The summed E-state index contributed by atoms with van der Waals surface area (Å²) < 4.78 is 0. The van der Waals surface area contributed by atoms with Crippen molar-refractivity contribution in [1.29, 1.82) is 0 Å². The maximum Gasteiger partial charge on any atom is 0.125 e. The largest absolute Gasteiger partial charge is 0.374 e. The van der Waals surface area contributed by atoms with Crippen molar-refractivity contribution in [2.24, 2.45) is 5.41 Å². The van der Waals surface area contributed by atoms with E-state index in [0.717, 1.165) is 36.4 Å². The normalized spacial score (nSPS) is 15.8. The molecule has 0 radical (unpaired) electrons. The number of anilines is 2. The summed E-state index contributed by atoms with van der Waals surface area (Å²) in [4.78, 5) is 3.88. The van der Waals surface area contributed by atoms with E-state index in [1.165, 1.54) is 10.4 Å². The second kappa shape index (κ2) is 7.18. The fourth-order valence-corrected chi connectivity index (χ4v) is 4.56. The SMILES string of the molecule is Cc1cc(N2CCc3sccc3C2)cc(Cl)c1NC(O)CC(C)(C)C. The number of fused-ring (bicyclic) bond motifs is 1. The minimum absolute atomic E-state index is 0.0543. The maximum absolute atomic E-state index is 10.3. The van der Waals surface area contributed by atoms with Gasteiger partial charge >= 0.3 is 0 Å². The number of aliphatic hydroxyl groups is 1. The molecule has 1 aliphatic heterocycles. The van der Waals surface area contributed by atoms with Crippen LogP contribution in [0.3, 0.4) is 0 Å². The molecule has 136 valence electrons. The molecule has 3 nitrogen and oxygen atoms in total. The van der Waals surface area contributed by atoms with Gasteiger partial charge in [0.1, 0.15) is 6.23 Å². The van der Waals surface area contributed by atoms with Crippen molar-refractivity contribution in [3.05, 3.63) is 44.6 Å². The van der Waals surface area contributed by atoms with E-state index in [9.17, 15) is 5.11 Å². The van der Waals surface area contributed by atoms with Gasteiger partial charge in [-0.2, -0.15) is 0 Å². The average molecular weight is 379 g/mol. The molecule has 1 atom stereocenters. The van der Waals surface area contributed by atoms with Gasteiger partial charge in [-0.1, -0.05) is 32.4 Å². The number of aliphatic hydroxyl groups excluding tert-OH is 1. The Balaban J connectivity index is 1.77. The molecule has 5 heteroatoms. The first-order valence-electron chi connectivity index (χ1n) is 8.78. The molecule has 1 aliphatic rings. The number of halogens is 1. The van der Waals surface area contributed by atoms with Gasteiger partial charge in [-0.25, -0.2) is 0 Å². The van der Waals surface area contributed by atoms with Crippen LogP contribution in [0.25, 0.3) is 0 Å². The summed E-state index contributed by atoms with van der Waals surface area (Å²) in [6.07, 6.45) is 1.15. The Labute approximate surface area is 159 Å². The topological polar surface area (TPSA) is 35.5 Å². The molecule has 0 spiro atoms. The third-order valence-electron chi connectivity index (χ3n) is 4.56. The number of rotatable bonds is 4. The van der Waals surface area contributed by atoms with E-state index >= 15 is 0 Å². The standard InChI is InChI=1S/C20H27ClN2OS/c1-13-9-15(23-7-5-17-14(12-23)6-8-25-17)10-16(21)19(13)22-18(24)11-20(2,3)4/h6,8-10,18,22,24H,5,7,11-12H2,1-4H3. The molecule has 2 heterocycles. The number of nitrogens with zero attached hydrogens (tertiary/aromatic N) is 1. The van der Waals surface area contributed by atoms with Crippen molar-refractivity contribution in [2.45, 2.75) is 53.3 Å². The molecule has 1 aromatic heterocycles. The summed E-state index contributed by atoms with van der Waals surface area (Å²) >= 11 is 8.40. The highest BCUT2D eigenvalue weighted by Gasteiger charge is 2.21. The number of nitrogens with one attached hydrogen (secondary N) is 1. The fraction of sp³-hybridized carbons (Fsp3) is 0.500. The van der Waals surface area contributed by atoms with Crippen LogP contribution in [0.5, 0.6) is 0 Å². The highest BCUT2D eigenvalue weighted by Crippen LogP contribution is 2.35. The Kier molecular flexibility index (Phi) is 5.33. The number of aryl methyl sites for hydroxylation is 1. The summed E-state index contributed by atoms with van der Waals surface area (Å²) in [5.74, 6) is 0. The van der Waals surface area contributed by atoms with Crippen LogP contribution in [0.4, 0.5) is 11.4 Å². The highest BCUT2D eigenvalue weighted by atomic mass is 35.5. The Hall–Kier alpha value is -1.23. The van der Waals surface area contributed by atoms with Gasteiger partial charge in [0.15, 0.2) is 0 Å².